The lowest BCUT2D eigenvalue weighted by atomic mass is 9.76. The highest BCUT2D eigenvalue weighted by Gasteiger charge is 2.50. The largest absolute Gasteiger partial charge is 0.325 e. The maximum atomic E-state index is 13.1. The van der Waals surface area contributed by atoms with Gasteiger partial charge < -0.3 is 5.32 Å². The summed E-state index contributed by atoms with van der Waals surface area (Å²) in [5.74, 6) is 0.378. The monoisotopic (exact) mass is 430 g/mol. The maximum absolute atomic E-state index is 13.1. The molecule has 1 saturated carbocycles. The number of benzene rings is 2. The number of allylic oxidation sites excluding steroid dienone is 2. The number of rotatable bonds is 5. The summed E-state index contributed by atoms with van der Waals surface area (Å²) in [6.07, 6.45) is 6.26. The molecule has 2 aliphatic carbocycles. The molecule has 0 aliphatic heterocycles. The summed E-state index contributed by atoms with van der Waals surface area (Å²) in [5.41, 5.74) is 1.41. The van der Waals surface area contributed by atoms with Crippen LogP contribution in [0.2, 0.25) is 0 Å². The van der Waals surface area contributed by atoms with Crippen LogP contribution in [-0.4, -0.2) is 22.0 Å². The quantitative estimate of drug-likeness (QED) is 0.558. The molecule has 0 spiro atoms. The number of hydrogen-bond donors (Lipinski definition) is 2. The Morgan fingerprint density at radius 1 is 1.00 bits per heavy atom. The Kier molecular flexibility index (Phi) is 4.90. The first-order valence-corrected chi connectivity index (χ1v) is 11.1. The zero-order valence-corrected chi connectivity index (χ0v) is 17.9. The van der Waals surface area contributed by atoms with Crippen LogP contribution in [0.4, 0.5) is 10.8 Å². The Labute approximate surface area is 184 Å². The van der Waals surface area contributed by atoms with Gasteiger partial charge >= 0.3 is 0 Å². The second-order valence-corrected chi connectivity index (χ2v) is 9.32. The van der Waals surface area contributed by atoms with Gasteiger partial charge in [-0.1, -0.05) is 72.9 Å². The molecule has 6 nitrogen and oxygen atoms in total. The smallest absolute Gasteiger partial charge is 0.259 e. The van der Waals surface area contributed by atoms with Crippen molar-refractivity contribution in [3.8, 4) is 10.6 Å². The third-order valence-electron chi connectivity index (χ3n) is 6.28. The molecule has 1 fully saturated rings. The third kappa shape index (κ3) is 3.65. The van der Waals surface area contributed by atoms with E-state index in [9.17, 15) is 9.59 Å². The molecule has 1 aromatic heterocycles. The highest BCUT2D eigenvalue weighted by atomic mass is 32.1. The first kappa shape index (κ1) is 19.6. The zero-order valence-electron chi connectivity index (χ0n) is 17.0. The number of hydrogen-bond acceptors (Lipinski definition) is 5. The van der Waals surface area contributed by atoms with E-state index in [2.05, 4.69) is 33.0 Å². The molecule has 3 atom stereocenters. The average molecular weight is 431 g/mol. The Morgan fingerprint density at radius 2 is 1.77 bits per heavy atom. The number of carbonyl (C=O) groups is 2. The van der Waals surface area contributed by atoms with Gasteiger partial charge in [0.1, 0.15) is 5.01 Å². The first-order chi connectivity index (χ1) is 15.0. The maximum Gasteiger partial charge on any atom is 0.259 e. The summed E-state index contributed by atoms with van der Waals surface area (Å²) in [5, 5.41) is 15.2. The van der Waals surface area contributed by atoms with Crippen molar-refractivity contribution < 1.29 is 9.59 Å². The molecule has 0 unspecified atom stereocenters. The molecule has 0 radical (unpaired) electrons. The molecule has 2 amide bonds. The molecule has 3 aromatic rings. The van der Waals surface area contributed by atoms with Crippen molar-refractivity contribution in [3.63, 3.8) is 0 Å². The van der Waals surface area contributed by atoms with E-state index < -0.39 is 5.41 Å². The van der Waals surface area contributed by atoms with Gasteiger partial charge in [0, 0.05) is 5.56 Å². The van der Waals surface area contributed by atoms with E-state index in [1.807, 2.05) is 43.3 Å². The fourth-order valence-electron chi connectivity index (χ4n) is 4.55. The summed E-state index contributed by atoms with van der Waals surface area (Å²) < 4.78 is 0. The summed E-state index contributed by atoms with van der Waals surface area (Å²) in [6, 6.07) is 16.7. The minimum atomic E-state index is -0.438. The van der Waals surface area contributed by atoms with Gasteiger partial charge in [-0.3, -0.25) is 14.9 Å². The van der Waals surface area contributed by atoms with Gasteiger partial charge in [0.25, 0.3) is 5.91 Å². The standard InChI is InChI=1S/C24H22N4O2S/c1-24(14-15-11-12-17(24)13-15)22(30)25-19-10-6-5-9-18(19)20(29)26-23-28-27-21(31-23)16-7-3-2-4-8-16/h2-12,15,17H,13-14H2,1H3,(H,25,30)(H,26,28,29)/t15-,17-,24-/m0/s1. The molecule has 156 valence electrons. The fourth-order valence-corrected chi connectivity index (χ4v) is 5.29. The fraction of sp³-hybridized carbons (Fsp3) is 0.250. The van der Waals surface area contributed by atoms with Gasteiger partial charge in [0.15, 0.2) is 0 Å². The van der Waals surface area contributed by atoms with Crippen molar-refractivity contribution in [1.82, 2.24) is 10.2 Å². The lowest BCUT2D eigenvalue weighted by Crippen LogP contribution is -2.37. The van der Waals surface area contributed by atoms with Crippen molar-refractivity contribution in [2.24, 2.45) is 17.3 Å². The minimum absolute atomic E-state index is 0.0353. The number of carbonyl (C=O) groups excluding carboxylic acids is 2. The number of nitrogens with one attached hydrogen (secondary N) is 2. The number of para-hydroxylation sites is 1. The van der Waals surface area contributed by atoms with E-state index in [1.54, 1.807) is 18.2 Å². The molecule has 1 heterocycles. The molecule has 5 rings (SSSR count). The Morgan fingerprint density at radius 3 is 2.52 bits per heavy atom. The van der Waals surface area contributed by atoms with Gasteiger partial charge in [-0.25, -0.2) is 0 Å². The molecule has 2 bridgehead atoms. The van der Waals surface area contributed by atoms with Crippen LogP contribution in [0.25, 0.3) is 10.6 Å². The predicted molar refractivity (Wildman–Crippen MR) is 122 cm³/mol. The third-order valence-corrected chi connectivity index (χ3v) is 7.17. The number of amides is 2. The second kappa shape index (κ2) is 7.74. The summed E-state index contributed by atoms with van der Waals surface area (Å²) >= 11 is 1.31. The summed E-state index contributed by atoms with van der Waals surface area (Å²) in [6.45, 7) is 2.02. The number of aromatic nitrogens is 2. The van der Waals surface area contributed by atoms with Crippen molar-refractivity contribution in [1.29, 1.82) is 0 Å². The van der Waals surface area contributed by atoms with Gasteiger partial charge in [-0.15, -0.1) is 10.2 Å². The van der Waals surface area contributed by atoms with Gasteiger partial charge in [0.2, 0.25) is 11.0 Å². The van der Waals surface area contributed by atoms with Crippen LogP contribution in [0.5, 0.6) is 0 Å². The first-order valence-electron chi connectivity index (χ1n) is 10.3. The molecule has 2 aromatic carbocycles. The summed E-state index contributed by atoms with van der Waals surface area (Å²) in [7, 11) is 0. The lowest BCUT2D eigenvalue weighted by molar-refractivity contribution is -0.126. The number of nitrogens with zero attached hydrogens (tertiary/aromatic N) is 2. The normalized spacial score (nSPS) is 23.6. The molecule has 2 N–H and O–H groups in total. The molecule has 2 aliphatic rings. The van der Waals surface area contributed by atoms with E-state index in [4.69, 9.17) is 0 Å². The van der Waals surface area contributed by atoms with E-state index in [0.29, 0.717) is 22.3 Å². The highest BCUT2D eigenvalue weighted by Crippen LogP contribution is 2.52. The molecular weight excluding hydrogens is 408 g/mol. The number of fused-ring (bicyclic) bond motifs is 2. The van der Waals surface area contributed by atoms with Crippen molar-refractivity contribution in [3.05, 3.63) is 72.3 Å². The van der Waals surface area contributed by atoms with Crippen LogP contribution in [0.15, 0.2) is 66.7 Å². The topological polar surface area (TPSA) is 84.0 Å². The van der Waals surface area contributed by atoms with Crippen molar-refractivity contribution in [2.45, 2.75) is 19.8 Å². The van der Waals surface area contributed by atoms with E-state index in [-0.39, 0.29) is 17.7 Å². The van der Waals surface area contributed by atoms with Crippen molar-refractivity contribution in [2.75, 3.05) is 10.6 Å². The lowest BCUT2D eigenvalue weighted by Gasteiger charge is -2.30. The van der Waals surface area contributed by atoms with Gasteiger partial charge in [0.05, 0.1) is 16.7 Å². The predicted octanol–water partition coefficient (Wildman–Crippen LogP) is 5.00. The van der Waals surface area contributed by atoms with Crippen LogP contribution in [0, 0.1) is 17.3 Å². The molecular formula is C24H22N4O2S. The molecule has 0 saturated heterocycles. The van der Waals surface area contributed by atoms with Crippen LogP contribution >= 0.6 is 11.3 Å². The molecule has 7 heteroatoms. The van der Waals surface area contributed by atoms with Crippen molar-refractivity contribution >= 4 is 34.0 Å². The molecule has 31 heavy (non-hydrogen) atoms. The second-order valence-electron chi connectivity index (χ2n) is 8.34. The number of anilines is 2. The highest BCUT2D eigenvalue weighted by molar-refractivity contribution is 7.18. The van der Waals surface area contributed by atoms with Crippen LogP contribution in [0.3, 0.4) is 0 Å². The SMILES string of the molecule is C[C@]1(C(=O)Nc2ccccc2C(=O)Nc2nnc(-c3ccccc3)s2)C[C@H]2C=C[C@H]1C2. The summed E-state index contributed by atoms with van der Waals surface area (Å²) in [4.78, 5) is 26.1. The Hall–Kier alpha value is -3.32. The zero-order chi connectivity index (χ0) is 21.4. The van der Waals surface area contributed by atoms with E-state index in [1.165, 1.54) is 11.3 Å². The Balaban J connectivity index is 1.32. The van der Waals surface area contributed by atoms with E-state index in [0.717, 1.165) is 23.4 Å². The van der Waals surface area contributed by atoms with Gasteiger partial charge in [-0.2, -0.15) is 0 Å². The van der Waals surface area contributed by atoms with Gasteiger partial charge in [-0.05, 0) is 36.8 Å². The average Bonchev–Trinajstić information content (AvgIpc) is 3.51. The van der Waals surface area contributed by atoms with Crippen LogP contribution in [-0.2, 0) is 4.79 Å². The Bertz CT molecular complexity index is 1170. The van der Waals surface area contributed by atoms with Crippen LogP contribution in [0.1, 0.15) is 30.1 Å². The van der Waals surface area contributed by atoms with Crippen LogP contribution < -0.4 is 10.6 Å². The minimum Gasteiger partial charge on any atom is -0.325 e. The van der Waals surface area contributed by atoms with E-state index >= 15 is 0 Å².